The van der Waals surface area contributed by atoms with E-state index >= 15 is 0 Å². The van der Waals surface area contributed by atoms with Crippen LogP contribution in [0.3, 0.4) is 0 Å². The zero-order valence-electron chi connectivity index (χ0n) is 17.4. The summed E-state index contributed by atoms with van der Waals surface area (Å²) in [7, 11) is 3.12. The molecule has 9 heteroatoms. The molecule has 164 valence electrons. The minimum absolute atomic E-state index is 0.267. The Morgan fingerprint density at radius 1 is 1.25 bits per heavy atom. The second kappa shape index (κ2) is 9.42. The number of ether oxygens (including phenoxy) is 1. The average Bonchev–Trinajstić information content (AvgIpc) is 3.57. The summed E-state index contributed by atoms with van der Waals surface area (Å²) in [5.74, 6) is 0.764. The summed E-state index contributed by atoms with van der Waals surface area (Å²) in [5.41, 5.74) is 2.40. The molecule has 32 heavy (non-hydrogen) atoms. The number of nitrogens with zero attached hydrogens (tertiary/aromatic N) is 2. The summed E-state index contributed by atoms with van der Waals surface area (Å²) in [6, 6.07) is 16.0. The van der Waals surface area contributed by atoms with Crippen LogP contribution in [0, 0.1) is 20.7 Å². The van der Waals surface area contributed by atoms with Crippen LogP contribution in [0.25, 0.3) is 0 Å². The zero-order valence-corrected chi connectivity index (χ0v) is 20.3. The highest BCUT2D eigenvalue weighted by Crippen LogP contribution is 2.50. The Labute approximate surface area is 203 Å². The van der Waals surface area contributed by atoms with E-state index < -0.39 is 5.82 Å². The Hall–Kier alpha value is -2.71. The standard InChI is InChI=1S/C23H20FIN4O2S/c1-29-21(30)11-19(31-2)22(23(29)27-18-8-7-15(25)9-17(18)24)28-32-20-10-16(20)14-5-3-13(12-26)4-6-14/h3-9,11,16,20,27-28H,10H2,1-2H3. The number of aromatic nitrogens is 1. The lowest BCUT2D eigenvalue weighted by Gasteiger charge is -2.19. The number of benzene rings is 2. The molecule has 1 aliphatic rings. The Balaban J connectivity index is 1.57. The number of hydrogen-bond donors (Lipinski definition) is 2. The van der Waals surface area contributed by atoms with Crippen molar-refractivity contribution in [2.45, 2.75) is 17.6 Å². The van der Waals surface area contributed by atoms with Crippen LogP contribution in [0.1, 0.15) is 23.5 Å². The lowest BCUT2D eigenvalue weighted by atomic mass is 10.1. The molecule has 4 rings (SSSR count). The van der Waals surface area contributed by atoms with Crippen LogP contribution in [0.2, 0.25) is 0 Å². The topological polar surface area (TPSA) is 79.1 Å². The predicted molar refractivity (Wildman–Crippen MR) is 134 cm³/mol. The second-order valence-corrected chi connectivity index (χ2v) is 9.71. The predicted octanol–water partition coefficient (Wildman–Crippen LogP) is 5.37. The number of hydrogen-bond acceptors (Lipinski definition) is 6. The first kappa shape index (κ1) is 22.5. The highest BCUT2D eigenvalue weighted by molar-refractivity contribution is 14.1. The quantitative estimate of drug-likeness (QED) is 0.298. The van der Waals surface area contributed by atoms with E-state index in [1.165, 1.54) is 41.3 Å². The molecule has 1 saturated carbocycles. The van der Waals surface area contributed by atoms with Crippen molar-refractivity contribution >= 4 is 51.7 Å². The van der Waals surface area contributed by atoms with Gasteiger partial charge in [-0.1, -0.05) is 12.1 Å². The van der Waals surface area contributed by atoms with Gasteiger partial charge < -0.3 is 14.8 Å². The van der Waals surface area contributed by atoms with Crippen molar-refractivity contribution in [3.8, 4) is 11.8 Å². The fourth-order valence-electron chi connectivity index (χ4n) is 3.39. The lowest BCUT2D eigenvalue weighted by Crippen LogP contribution is -2.20. The minimum Gasteiger partial charge on any atom is -0.494 e. The number of anilines is 3. The van der Waals surface area contributed by atoms with E-state index in [1.807, 2.05) is 46.9 Å². The van der Waals surface area contributed by atoms with Crippen molar-refractivity contribution in [1.29, 1.82) is 5.26 Å². The Morgan fingerprint density at radius 2 is 2.00 bits per heavy atom. The van der Waals surface area contributed by atoms with Crippen molar-refractivity contribution in [1.82, 2.24) is 4.57 Å². The monoisotopic (exact) mass is 562 g/mol. The van der Waals surface area contributed by atoms with Crippen LogP contribution in [-0.4, -0.2) is 16.9 Å². The smallest absolute Gasteiger partial charge is 0.255 e. The molecule has 2 atom stereocenters. The minimum atomic E-state index is -0.408. The molecule has 0 amide bonds. The third-order valence-corrected chi connectivity index (χ3v) is 7.14. The van der Waals surface area contributed by atoms with Crippen molar-refractivity contribution < 1.29 is 9.13 Å². The summed E-state index contributed by atoms with van der Waals surface area (Å²) in [5, 5.41) is 12.3. The normalized spacial score (nSPS) is 16.8. The van der Waals surface area contributed by atoms with E-state index in [0.29, 0.717) is 34.0 Å². The molecule has 0 radical (unpaired) electrons. The summed E-state index contributed by atoms with van der Waals surface area (Å²) in [6.45, 7) is 0. The van der Waals surface area contributed by atoms with Gasteiger partial charge >= 0.3 is 0 Å². The Morgan fingerprint density at radius 3 is 2.66 bits per heavy atom. The van der Waals surface area contributed by atoms with E-state index in [1.54, 1.807) is 19.2 Å². The van der Waals surface area contributed by atoms with Gasteiger partial charge in [-0.25, -0.2) is 4.39 Å². The molecule has 6 nitrogen and oxygen atoms in total. The first-order valence-corrected chi connectivity index (χ1v) is 11.8. The van der Waals surface area contributed by atoms with Crippen LogP contribution in [0.5, 0.6) is 5.75 Å². The summed E-state index contributed by atoms with van der Waals surface area (Å²) < 4.78 is 25.4. The highest BCUT2D eigenvalue weighted by Gasteiger charge is 2.39. The van der Waals surface area contributed by atoms with Gasteiger partial charge in [0, 0.05) is 21.9 Å². The SMILES string of the molecule is COc1cc(=O)n(C)c(Nc2ccc(I)cc2F)c1NSC1CC1c1ccc(C#N)cc1. The van der Waals surface area contributed by atoms with Crippen LogP contribution in [0.4, 0.5) is 21.6 Å². The zero-order chi connectivity index (χ0) is 22.8. The Bertz CT molecular complexity index is 1260. The molecule has 0 saturated heterocycles. The molecule has 1 aliphatic carbocycles. The van der Waals surface area contributed by atoms with Gasteiger partial charge in [0.15, 0.2) is 5.75 Å². The van der Waals surface area contributed by atoms with Gasteiger partial charge in [0.05, 0.1) is 24.4 Å². The van der Waals surface area contributed by atoms with Crippen molar-refractivity contribution in [2.24, 2.45) is 7.05 Å². The molecule has 2 unspecified atom stereocenters. The molecular weight excluding hydrogens is 542 g/mol. The van der Waals surface area contributed by atoms with Crippen LogP contribution >= 0.6 is 34.5 Å². The molecule has 3 aromatic rings. The van der Waals surface area contributed by atoms with Gasteiger partial charge in [0.25, 0.3) is 5.56 Å². The van der Waals surface area contributed by atoms with E-state index in [2.05, 4.69) is 16.1 Å². The molecule has 1 aromatic heterocycles. The van der Waals surface area contributed by atoms with Crippen molar-refractivity contribution in [2.75, 3.05) is 17.1 Å². The molecule has 0 bridgehead atoms. The van der Waals surface area contributed by atoms with Crippen LogP contribution < -0.4 is 20.3 Å². The number of rotatable bonds is 7. The molecule has 0 aliphatic heterocycles. The van der Waals surface area contributed by atoms with Gasteiger partial charge in [-0.2, -0.15) is 5.26 Å². The number of methoxy groups -OCH3 is 1. The lowest BCUT2D eigenvalue weighted by molar-refractivity contribution is 0.415. The first-order valence-electron chi connectivity index (χ1n) is 9.83. The van der Waals surface area contributed by atoms with E-state index in [-0.39, 0.29) is 11.2 Å². The van der Waals surface area contributed by atoms with E-state index in [4.69, 9.17) is 10.00 Å². The van der Waals surface area contributed by atoms with Crippen LogP contribution in [0.15, 0.2) is 53.3 Å². The number of halogens is 2. The fraction of sp³-hybridized carbons (Fsp3) is 0.217. The van der Waals surface area contributed by atoms with Gasteiger partial charge in [-0.15, -0.1) is 0 Å². The molecular formula is C23H20FIN4O2S. The number of nitriles is 1. The first-order chi connectivity index (χ1) is 15.4. The molecule has 2 aromatic carbocycles. The third kappa shape index (κ3) is 4.71. The maximum Gasteiger partial charge on any atom is 0.255 e. The maximum absolute atomic E-state index is 14.5. The van der Waals surface area contributed by atoms with Crippen molar-refractivity contribution in [3.05, 3.63) is 79.4 Å². The second-order valence-electron chi connectivity index (χ2n) is 7.42. The summed E-state index contributed by atoms with van der Waals surface area (Å²) in [4.78, 5) is 12.4. The maximum atomic E-state index is 14.5. The molecule has 1 heterocycles. The fourth-order valence-corrected chi connectivity index (χ4v) is 4.94. The number of nitrogens with one attached hydrogen (secondary N) is 2. The highest BCUT2D eigenvalue weighted by atomic mass is 127. The average molecular weight is 562 g/mol. The van der Waals surface area contributed by atoms with Gasteiger partial charge in [-0.05, 0) is 82.8 Å². The van der Waals surface area contributed by atoms with E-state index in [9.17, 15) is 9.18 Å². The van der Waals surface area contributed by atoms with Gasteiger partial charge in [0.1, 0.15) is 17.3 Å². The number of pyridine rings is 1. The summed E-state index contributed by atoms with van der Waals surface area (Å²) in [6.07, 6.45) is 0.992. The molecule has 1 fully saturated rings. The summed E-state index contributed by atoms with van der Waals surface area (Å²) >= 11 is 3.59. The largest absolute Gasteiger partial charge is 0.494 e. The van der Waals surface area contributed by atoms with Gasteiger partial charge in [0.2, 0.25) is 0 Å². The van der Waals surface area contributed by atoms with Gasteiger partial charge in [-0.3, -0.25) is 9.36 Å². The van der Waals surface area contributed by atoms with E-state index in [0.717, 1.165) is 9.99 Å². The third-order valence-electron chi connectivity index (χ3n) is 5.32. The molecule has 0 spiro atoms. The molecule has 2 N–H and O–H groups in total. The van der Waals surface area contributed by atoms with Crippen molar-refractivity contribution in [3.63, 3.8) is 0 Å². The Kier molecular flexibility index (Phi) is 6.62. The van der Waals surface area contributed by atoms with Crippen LogP contribution in [-0.2, 0) is 7.05 Å².